The first-order chi connectivity index (χ1) is 12.8. The van der Waals surface area contributed by atoms with Gasteiger partial charge in [0.05, 0.1) is 23.9 Å². The van der Waals surface area contributed by atoms with E-state index >= 15 is 0 Å². The monoisotopic (exact) mass is 481 g/mol. The standard InChI is InChI=1S/C20H27N5O.HI/c1-2-21-20(24-18-14-17-8-9-19(18)26-17)22-12-10-15-4-6-16(7-5-15)25-13-3-11-23-25;/h3-7,11,13,17-19H,2,8-10,12,14H2,1H3,(H2,21,22,24);1H. The second-order valence-corrected chi connectivity index (χ2v) is 6.99. The summed E-state index contributed by atoms with van der Waals surface area (Å²) >= 11 is 0. The molecule has 2 saturated heterocycles. The average Bonchev–Trinajstić information content (AvgIpc) is 3.41. The summed E-state index contributed by atoms with van der Waals surface area (Å²) in [5.74, 6) is 0.904. The molecule has 3 heterocycles. The first-order valence-corrected chi connectivity index (χ1v) is 9.61. The van der Waals surface area contributed by atoms with E-state index in [4.69, 9.17) is 9.73 Å². The van der Waals surface area contributed by atoms with Gasteiger partial charge in [-0.15, -0.1) is 24.0 Å². The third-order valence-corrected chi connectivity index (χ3v) is 5.15. The summed E-state index contributed by atoms with van der Waals surface area (Å²) in [6.07, 6.45) is 8.96. The van der Waals surface area contributed by atoms with Gasteiger partial charge in [0.15, 0.2) is 5.96 Å². The van der Waals surface area contributed by atoms with Crippen molar-refractivity contribution in [3.8, 4) is 5.69 Å². The summed E-state index contributed by atoms with van der Waals surface area (Å²) in [5, 5.41) is 11.2. The number of nitrogens with zero attached hydrogens (tertiary/aromatic N) is 3. The van der Waals surface area contributed by atoms with Crippen LogP contribution in [0.15, 0.2) is 47.7 Å². The van der Waals surface area contributed by atoms with E-state index in [-0.39, 0.29) is 24.0 Å². The van der Waals surface area contributed by atoms with E-state index in [0.717, 1.165) is 37.6 Å². The van der Waals surface area contributed by atoms with Gasteiger partial charge < -0.3 is 15.4 Å². The molecular formula is C20H28IN5O. The molecule has 6 nitrogen and oxygen atoms in total. The molecule has 2 bridgehead atoms. The lowest BCUT2D eigenvalue weighted by atomic mass is 9.96. The molecule has 0 aliphatic carbocycles. The number of nitrogens with one attached hydrogen (secondary N) is 2. The quantitative estimate of drug-likeness (QED) is 0.379. The van der Waals surface area contributed by atoms with Crippen LogP contribution in [0.25, 0.3) is 5.69 Å². The number of aromatic nitrogens is 2. The third-order valence-electron chi connectivity index (χ3n) is 5.15. The maximum Gasteiger partial charge on any atom is 0.191 e. The molecule has 0 saturated carbocycles. The van der Waals surface area contributed by atoms with Gasteiger partial charge in [0.1, 0.15) is 0 Å². The highest BCUT2D eigenvalue weighted by Crippen LogP contribution is 2.34. The number of hydrogen-bond acceptors (Lipinski definition) is 3. The Morgan fingerprint density at radius 3 is 2.78 bits per heavy atom. The highest BCUT2D eigenvalue weighted by atomic mass is 127. The molecule has 4 rings (SSSR count). The lowest BCUT2D eigenvalue weighted by Crippen LogP contribution is -2.47. The third kappa shape index (κ3) is 5.01. The number of aliphatic imine (C=N–C) groups is 1. The molecule has 146 valence electrons. The smallest absolute Gasteiger partial charge is 0.191 e. The second kappa shape index (κ2) is 9.54. The molecule has 2 fully saturated rings. The summed E-state index contributed by atoms with van der Waals surface area (Å²) in [7, 11) is 0. The van der Waals surface area contributed by atoms with Crippen LogP contribution in [0.1, 0.15) is 31.7 Å². The van der Waals surface area contributed by atoms with Crippen LogP contribution in [0.5, 0.6) is 0 Å². The molecule has 0 spiro atoms. The van der Waals surface area contributed by atoms with Gasteiger partial charge in [-0.2, -0.15) is 5.10 Å². The van der Waals surface area contributed by atoms with E-state index in [0.29, 0.717) is 18.2 Å². The minimum Gasteiger partial charge on any atom is -0.373 e. The Balaban J connectivity index is 0.00000210. The van der Waals surface area contributed by atoms with Crippen molar-refractivity contribution in [1.29, 1.82) is 0 Å². The van der Waals surface area contributed by atoms with Crippen LogP contribution < -0.4 is 10.6 Å². The van der Waals surface area contributed by atoms with Crippen LogP contribution >= 0.6 is 24.0 Å². The number of guanidine groups is 1. The van der Waals surface area contributed by atoms with E-state index < -0.39 is 0 Å². The SMILES string of the molecule is CCNC(=NCCc1ccc(-n2cccn2)cc1)NC1CC2CCC1O2.I. The van der Waals surface area contributed by atoms with Crippen molar-refractivity contribution < 1.29 is 4.74 Å². The number of halogens is 1. The van der Waals surface area contributed by atoms with Crippen molar-refractivity contribution in [1.82, 2.24) is 20.4 Å². The highest BCUT2D eigenvalue weighted by molar-refractivity contribution is 14.0. The number of ether oxygens (including phenoxy) is 1. The van der Waals surface area contributed by atoms with Gasteiger partial charge in [-0.25, -0.2) is 4.68 Å². The van der Waals surface area contributed by atoms with Crippen LogP contribution in [0, 0.1) is 0 Å². The van der Waals surface area contributed by atoms with Gasteiger partial charge in [-0.1, -0.05) is 12.1 Å². The van der Waals surface area contributed by atoms with Crippen LogP contribution in [0.3, 0.4) is 0 Å². The number of benzene rings is 1. The largest absolute Gasteiger partial charge is 0.373 e. The molecule has 2 aliphatic heterocycles. The van der Waals surface area contributed by atoms with Crippen LogP contribution in [-0.2, 0) is 11.2 Å². The molecule has 1 aromatic carbocycles. The first kappa shape index (κ1) is 20.1. The van der Waals surface area contributed by atoms with Crippen molar-refractivity contribution in [3.05, 3.63) is 48.3 Å². The van der Waals surface area contributed by atoms with Gasteiger partial charge in [-0.3, -0.25) is 4.99 Å². The van der Waals surface area contributed by atoms with Crippen molar-refractivity contribution in [3.63, 3.8) is 0 Å². The van der Waals surface area contributed by atoms with Gasteiger partial charge in [0.2, 0.25) is 0 Å². The number of hydrogen-bond donors (Lipinski definition) is 2. The molecule has 2 N–H and O–H groups in total. The van der Waals surface area contributed by atoms with Crippen molar-refractivity contribution in [2.75, 3.05) is 13.1 Å². The van der Waals surface area contributed by atoms with Crippen LogP contribution in [0.4, 0.5) is 0 Å². The first-order valence-electron chi connectivity index (χ1n) is 9.61. The zero-order valence-electron chi connectivity index (χ0n) is 15.7. The Morgan fingerprint density at radius 2 is 2.15 bits per heavy atom. The molecule has 0 amide bonds. The summed E-state index contributed by atoms with van der Waals surface area (Å²) in [6, 6.07) is 10.8. The Bertz CT molecular complexity index is 731. The summed E-state index contributed by atoms with van der Waals surface area (Å²) in [5.41, 5.74) is 2.36. The average molecular weight is 481 g/mol. The molecule has 1 aromatic heterocycles. The Hall–Kier alpha value is -1.61. The fraction of sp³-hybridized carbons (Fsp3) is 0.500. The zero-order valence-corrected chi connectivity index (χ0v) is 18.0. The van der Waals surface area contributed by atoms with Crippen LogP contribution in [-0.4, -0.2) is 47.1 Å². The number of rotatable bonds is 6. The lowest BCUT2D eigenvalue weighted by molar-refractivity contribution is 0.0992. The Labute approximate surface area is 177 Å². The molecule has 0 radical (unpaired) electrons. The Kier molecular flexibility index (Phi) is 7.12. The minimum absolute atomic E-state index is 0. The van der Waals surface area contributed by atoms with E-state index in [1.807, 2.05) is 16.9 Å². The maximum absolute atomic E-state index is 5.93. The Morgan fingerprint density at radius 1 is 1.30 bits per heavy atom. The zero-order chi connectivity index (χ0) is 17.8. The van der Waals surface area contributed by atoms with Gasteiger partial charge in [0, 0.05) is 25.5 Å². The van der Waals surface area contributed by atoms with Crippen molar-refractivity contribution >= 4 is 29.9 Å². The van der Waals surface area contributed by atoms with E-state index in [1.54, 1.807) is 6.20 Å². The molecule has 2 aliphatic rings. The summed E-state index contributed by atoms with van der Waals surface area (Å²) in [6.45, 7) is 3.73. The predicted molar refractivity (Wildman–Crippen MR) is 118 cm³/mol. The van der Waals surface area contributed by atoms with E-state index in [9.17, 15) is 0 Å². The fourth-order valence-corrected chi connectivity index (χ4v) is 3.82. The molecule has 3 unspecified atom stereocenters. The minimum atomic E-state index is 0. The highest BCUT2D eigenvalue weighted by Gasteiger charge is 2.41. The normalized spacial score (nSPS) is 23.9. The summed E-state index contributed by atoms with van der Waals surface area (Å²) in [4.78, 5) is 4.75. The van der Waals surface area contributed by atoms with Crippen LogP contribution in [0.2, 0.25) is 0 Å². The molecule has 2 aromatic rings. The van der Waals surface area contributed by atoms with Gasteiger partial charge in [-0.05, 0) is 56.4 Å². The predicted octanol–water partition coefficient (Wildman–Crippen LogP) is 2.91. The lowest BCUT2D eigenvalue weighted by Gasteiger charge is -2.22. The maximum atomic E-state index is 5.93. The van der Waals surface area contributed by atoms with Gasteiger partial charge in [0.25, 0.3) is 0 Å². The number of fused-ring (bicyclic) bond motifs is 2. The van der Waals surface area contributed by atoms with Crippen molar-refractivity contribution in [2.45, 2.75) is 50.9 Å². The molecular weight excluding hydrogens is 453 g/mol. The van der Waals surface area contributed by atoms with Gasteiger partial charge >= 0.3 is 0 Å². The van der Waals surface area contributed by atoms with E-state index in [1.165, 1.54) is 18.4 Å². The summed E-state index contributed by atoms with van der Waals surface area (Å²) < 4.78 is 7.79. The molecule has 7 heteroatoms. The molecule has 27 heavy (non-hydrogen) atoms. The topological polar surface area (TPSA) is 63.5 Å². The van der Waals surface area contributed by atoms with Crippen molar-refractivity contribution in [2.24, 2.45) is 4.99 Å². The molecule has 3 atom stereocenters. The second-order valence-electron chi connectivity index (χ2n) is 6.99. The van der Waals surface area contributed by atoms with E-state index in [2.05, 4.69) is 46.9 Å². The fourth-order valence-electron chi connectivity index (χ4n) is 3.82.